The molecule has 1 aliphatic carbocycles. The maximum atomic E-state index is 14.0. The Morgan fingerprint density at radius 3 is 2.04 bits per heavy atom. The second-order valence-electron chi connectivity index (χ2n) is 12.6. The molecule has 12 heteroatoms. The van der Waals surface area contributed by atoms with Crippen LogP contribution >= 0.6 is 0 Å². The lowest BCUT2D eigenvalue weighted by Crippen LogP contribution is -2.56. The minimum atomic E-state index is -4.02. The summed E-state index contributed by atoms with van der Waals surface area (Å²) in [7, 11) is -4.02. The summed E-state index contributed by atoms with van der Waals surface area (Å²) in [4.78, 5) is 40.4. The number of allylic oxidation sites excluding steroid dienone is 1. The molecule has 1 unspecified atom stereocenters. The zero-order chi connectivity index (χ0) is 34.5. The summed E-state index contributed by atoms with van der Waals surface area (Å²) >= 11 is 0. The van der Waals surface area contributed by atoms with E-state index in [9.17, 15) is 28.0 Å². The van der Waals surface area contributed by atoms with Crippen LogP contribution in [0.25, 0.3) is 6.08 Å². The summed E-state index contributed by atoms with van der Waals surface area (Å²) in [5, 5.41) is 9.79. The molecule has 0 radical (unpaired) electrons. The molecule has 3 rings (SSSR count). The van der Waals surface area contributed by atoms with Gasteiger partial charge in [0.2, 0.25) is 11.8 Å². The molecule has 0 spiro atoms. The van der Waals surface area contributed by atoms with Crippen molar-refractivity contribution >= 4 is 33.8 Å². The van der Waals surface area contributed by atoms with Crippen LogP contribution in [0.5, 0.6) is 0 Å². The second-order valence-corrected chi connectivity index (χ2v) is 14.1. The van der Waals surface area contributed by atoms with Gasteiger partial charge in [0.15, 0.2) is 5.78 Å². The van der Waals surface area contributed by atoms with E-state index in [1.165, 1.54) is 12.1 Å². The van der Waals surface area contributed by atoms with Gasteiger partial charge in [-0.1, -0.05) is 106 Å². The Morgan fingerprint density at radius 1 is 0.978 bits per heavy atom. The summed E-state index contributed by atoms with van der Waals surface area (Å²) in [6.45, 7) is 7.30. The molecule has 0 bridgehead atoms. The molecule has 8 N–H and O–H groups in total. The van der Waals surface area contributed by atoms with Gasteiger partial charge in [0.05, 0.1) is 28.2 Å². The van der Waals surface area contributed by atoms with Crippen molar-refractivity contribution in [2.45, 2.75) is 83.6 Å². The Bertz CT molecular complexity index is 1410. The predicted octanol–water partition coefficient (Wildman–Crippen LogP) is 4.59. The largest absolute Gasteiger partial charge is 0.322 e. The second kappa shape index (κ2) is 18.1. The number of aryl methyl sites for hydroxylation is 1. The molecule has 254 valence electrons. The molecule has 0 heterocycles. The van der Waals surface area contributed by atoms with Gasteiger partial charge in [-0.2, -0.15) is 8.42 Å². The Hall–Kier alpha value is -3.42. The highest BCUT2D eigenvalue weighted by atomic mass is 32.2. The third kappa shape index (κ3) is 11.1. The number of nitrogens with one attached hydrogen (secondary N) is 2. The van der Waals surface area contributed by atoms with Gasteiger partial charge in [0, 0.05) is 0 Å². The molecular weight excluding hydrogens is 608 g/mol. The molecular formula is C34H50N4O7S. The van der Waals surface area contributed by atoms with E-state index in [-0.39, 0.29) is 22.5 Å². The molecule has 11 nitrogen and oxygen atoms in total. The number of carbonyl (C=O) groups excluding carboxylic acids is 3. The van der Waals surface area contributed by atoms with Crippen molar-refractivity contribution < 1.29 is 32.6 Å². The van der Waals surface area contributed by atoms with Crippen LogP contribution in [-0.2, 0) is 24.5 Å². The van der Waals surface area contributed by atoms with Gasteiger partial charge in [-0.3, -0.25) is 29.6 Å². The van der Waals surface area contributed by atoms with Crippen LogP contribution in [0.1, 0.15) is 76.8 Å². The van der Waals surface area contributed by atoms with Gasteiger partial charge >= 0.3 is 0 Å². The number of nitrogens with two attached hydrogens (primary N) is 2. The average Bonchev–Trinajstić information content (AvgIpc) is 3.03. The lowest BCUT2D eigenvalue weighted by molar-refractivity contribution is -0.151. The number of amides is 2. The van der Waals surface area contributed by atoms with Crippen molar-refractivity contribution in [1.29, 1.82) is 0 Å². The Balaban J connectivity index is 0.000000562. The quantitative estimate of drug-likeness (QED) is 0.0585. The minimum Gasteiger partial charge on any atom is -0.322 e. The van der Waals surface area contributed by atoms with Crippen molar-refractivity contribution in [3.05, 3.63) is 71.8 Å². The molecule has 1 saturated carbocycles. The highest BCUT2D eigenvalue weighted by molar-refractivity contribution is 7.85. The number of Topliss-reactive ketones (excluding diaryl/α,β-unsaturated/α-hetero) is 1. The average molecular weight is 659 g/mol. The fraction of sp³-hybridized carbons (Fsp3) is 0.500. The molecule has 0 aromatic heterocycles. The SMILES string of the molecule is CC(C)C[C@@H](C(=O)NN)[C@H](C(=O)NO)C(/C=C/c1ccccc1)(CC1CCCCC1)C(=O)[C@@H](C)N.Cc1ccc(S(=O)(=O)O)cc1. The third-order valence-electron chi connectivity index (χ3n) is 8.47. The third-order valence-corrected chi connectivity index (χ3v) is 9.34. The van der Waals surface area contributed by atoms with E-state index in [0.29, 0.717) is 12.8 Å². The number of hydrogen-bond acceptors (Lipinski definition) is 8. The van der Waals surface area contributed by atoms with Gasteiger partial charge in [0.25, 0.3) is 10.1 Å². The summed E-state index contributed by atoms with van der Waals surface area (Å²) in [6, 6.07) is 14.6. The van der Waals surface area contributed by atoms with Crippen LogP contribution in [-0.4, -0.2) is 41.8 Å². The molecule has 0 aliphatic heterocycles. The maximum absolute atomic E-state index is 14.0. The zero-order valence-corrected chi connectivity index (χ0v) is 28.0. The molecule has 46 heavy (non-hydrogen) atoms. The summed E-state index contributed by atoms with van der Waals surface area (Å²) < 4.78 is 29.6. The van der Waals surface area contributed by atoms with Crippen molar-refractivity contribution in [2.24, 2.45) is 40.7 Å². The van der Waals surface area contributed by atoms with Crippen LogP contribution in [0.3, 0.4) is 0 Å². The minimum absolute atomic E-state index is 0.0298. The van der Waals surface area contributed by atoms with Crippen LogP contribution in [0.2, 0.25) is 0 Å². The van der Waals surface area contributed by atoms with Crippen LogP contribution in [0, 0.1) is 36.0 Å². The first-order valence-electron chi connectivity index (χ1n) is 15.7. The molecule has 2 aromatic rings. The van der Waals surface area contributed by atoms with E-state index in [0.717, 1.165) is 43.2 Å². The maximum Gasteiger partial charge on any atom is 0.294 e. The van der Waals surface area contributed by atoms with Gasteiger partial charge < -0.3 is 5.73 Å². The fourth-order valence-electron chi connectivity index (χ4n) is 6.30. The van der Waals surface area contributed by atoms with Crippen molar-refractivity contribution in [2.75, 3.05) is 0 Å². The highest BCUT2D eigenvalue weighted by Gasteiger charge is 2.53. The monoisotopic (exact) mass is 658 g/mol. The van der Waals surface area contributed by atoms with Crippen molar-refractivity contribution in [3.8, 4) is 0 Å². The molecule has 1 aliphatic rings. The Kier molecular flexibility index (Phi) is 15.2. The van der Waals surface area contributed by atoms with Gasteiger partial charge in [0.1, 0.15) is 0 Å². The molecule has 0 saturated heterocycles. The van der Waals surface area contributed by atoms with E-state index >= 15 is 0 Å². The first kappa shape index (κ1) is 38.8. The number of rotatable bonds is 13. The summed E-state index contributed by atoms with van der Waals surface area (Å²) in [6.07, 6.45) is 9.32. The number of ketones is 1. The lowest BCUT2D eigenvalue weighted by Gasteiger charge is -2.43. The van der Waals surface area contributed by atoms with E-state index in [1.54, 1.807) is 30.6 Å². The number of hydrazine groups is 1. The lowest BCUT2D eigenvalue weighted by atomic mass is 9.59. The smallest absolute Gasteiger partial charge is 0.294 e. The topological polar surface area (TPSA) is 202 Å². The van der Waals surface area contributed by atoms with Crippen molar-refractivity contribution in [3.63, 3.8) is 0 Å². The summed E-state index contributed by atoms with van der Waals surface area (Å²) in [5.41, 5.74) is 10.5. The number of hydrogen-bond donors (Lipinski definition) is 6. The van der Waals surface area contributed by atoms with Gasteiger partial charge in [-0.15, -0.1) is 0 Å². The van der Waals surface area contributed by atoms with E-state index in [4.69, 9.17) is 16.1 Å². The number of hydroxylamine groups is 1. The standard InChI is InChI=1S/C27H42N4O4.C7H8O3S/c1-18(2)16-22(25(33)30-29)23(26(34)31-35)27(24(32)19(3)28,17-21-12-8-5-9-13-21)15-14-20-10-6-4-7-11-20;1-6-2-4-7(5-3-6)11(8,9)10/h4,6-7,10-11,14-15,18-19,21-23,35H,5,8-9,12-13,16-17,28-29H2,1-3H3,(H,30,33)(H,31,34);2-5H,1H3,(H,8,9,10)/b15-14+;/t19-,22-,23-,27?;/m1./s1. The van der Waals surface area contributed by atoms with Crippen LogP contribution in [0.4, 0.5) is 0 Å². The normalized spacial score (nSPS) is 17.2. The molecule has 1 fully saturated rings. The van der Waals surface area contributed by atoms with E-state index in [1.807, 2.05) is 57.2 Å². The van der Waals surface area contributed by atoms with E-state index in [2.05, 4.69) is 5.43 Å². The van der Waals surface area contributed by atoms with Crippen LogP contribution in [0.15, 0.2) is 65.6 Å². The van der Waals surface area contributed by atoms with Crippen LogP contribution < -0.4 is 22.5 Å². The molecule has 4 atom stereocenters. The van der Waals surface area contributed by atoms with Gasteiger partial charge in [-0.25, -0.2) is 11.3 Å². The fourth-order valence-corrected chi connectivity index (χ4v) is 6.78. The van der Waals surface area contributed by atoms with E-state index < -0.39 is 45.2 Å². The summed E-state index contributed by atoms with van der Waals surface area (Å²) in [5.74, 6) is 1.93. The first-order valence-corrected chi connectivity index (χ1v) is 17.1. The highest BCUT2D eigenvalue weighted by Crippen LogP contribution is 2.47. The molecule has 2 aromatic carbocycles. The van der Waals surface area contributed by atoms with Crippen molar-refractivity contribution in [1.82, 2.24) is 10.9 Å². The predicted molar refractivity (Wildman–Crippen MR) is 177 cm³/mol. The zero-order valence-electron chi connectivity index (χ0n) is 27.2. The molecule has 2 amide bonds. The first-order chi connectivity index (χ1) is 21.7. The van der Waals surface area contributed by atoms with Gasteiger partial charge in [-0.05, 0) is 56.2 Å². The number of carbonyl (C=O) groups is 3. The Labute approximate surface area is 272 Å². The number of benzene rings is 2. The Morgan fingerprint density at radius 2 is 1.57 bits per heavy atom.